The summed E-state index contributed by atoms with van der Waals surface area (Å²) in [5.41, 5.74) is 3.06. The van der Waals surface area contributed by atoms with Crippen LogP contribution in [0.2, 0.25) is 5.02 Å². The molecule has 0 saturated carbocycles. The summed E-state index contributed by atoms with van der Waals surface area (Å²) in [5, 5.41) is 3.52. The van der Waals surface area contributed by atoms with E-state index in [1.165, 1.54) is 11.8 Å². The van der Waals surface area contributed by atoms with E-state index in [1.54, 1.807) is 36.2 Å². The zero-order valence-corrected chi connectivity index (χ0v) is 17.8. The number of nitrogens with one attached hydrogen (secondary N) is 1. The van der Waals surface area contributed by atoms with Gasteiger partial charge in [0, 0.05) is 29.1 Å². The number of carbonyl (C=O) groups excluding carboxylic acids is 2. The average Bonchev–Trinajstić information content (AvgIpc) is 2.77. The summed E-state index contributed by atoms with van der Waals surface area (Å²) in [5.74, 6) is -0.306. The van der Waals surface area contributed by atoms with E-state index >= 15 is 0 Å². The van der Waals surface area contributed by atoms with E-state index < -0.39 is 0 Å². The number of nitrogens with zero attached hydrogens (tertiary/aromatic N) is 1. The maximum absolute atomic E-state index is 12.9. The maximum atomic E-state index is 12.9. The molecule has 0 aliphatic carbocycles. The molecule has 4 rings (SSSR count). The zero-order chi connectivity index (χ0) is 21.1. The van der Waals surface area contributed by atoms with E-state index in [2.05, 4.69) is 5.32 Å². The number of hydrogen-bond acceptors (Lipinski definition) is 3. The fourth-order valence-corrected chi connectivity index (χ4v) is 4.42. The van der Waals surface area contributed by atoms with Gasteiger partial charge in [0.2, 0.25) is 0 Å². The summed E-state index contributed by atoms with van der Waals surface area (Å²) in [4.78, 5) is 28.5. The van der Waals surface area contributed by atoms with Crippen molar-refractivity contribution in [2.75, 3.05) is 11.9 Å². The molecule has 0 unspecified atom stereocenters. The zero-order valence-electron chi connectivity index (χ0n) is 16.3. The summed E-state index contributed by atoms with van der Waals surface area (Å²) in [7, 11) is 1.72. The number of carbonyl (C=O) groups is 2. The minimum Gasteiger partial charge on any atom is -0.348 e. The number of likely N-dealkylation sites (N-methyl/N-ethyl adjacent to an activating group) is 1. The van der Waals surface area contributed by atoms with E-state index in [0.29, 0.717) is 27.7 Å². The number of rotatable bonds is 4. The number of thioether (sulfide) groups is 1. The van der Waals surface area contributed by atoms with Crippen LogP contribution in [-0.2, 0) is 11.3 Å². The second-order valence-electron chi connectivity index (χ2n) is 6.85. The van der Waals surface area contributed by atoms with Crippen molar-refractivity contribution < 1.29 is 9.59 Å². The monoisotopic (exact) mass is 434 g/mol. The lowest BCUT2D eigenvalue weighted by Gasteiger charge is -2.27. The molecular weight excluding hydrogens is 416 g/mol. The van der Waals surface area contributed by atoms with Gasteiger partial charge in [0.05, 0.1) is 10.6 Å². The van der Waals surface area contributed by atoms with Crippen molar-refractivity contribution in [2.24, 2.45) is 0 Å². The number of benzene rings is 3. The van der Waals surface area contributed by atoms with Crippen molar-refractivity contribution >= 4 is 46.9 Å². The van der Waals surface area contributed by atoms with Gasteiger partial charge in [-0.1, -0.05) is 71.9 Å². The number of fused-ring (bicyclic) bond motifs is 1. The first kappa shape index (κ1) is 20.3. The summed E-state index contributed by atoms with van der Waals surface area (Å²) in [6, 6.07) is 22.6. The number of amides is 2. The van der Waals surface area contributed by atoms with Crippen molar-refractivity contribution in [2.45, 2.75) is 11.4 Å². The molecule has 150 valence electrons. The topological polar surface area (TPSA) is 49.4 Å². The minimum absolute atomic E-state index is 0.130. The van der Waals surface area contributed by atoms with Gasteiger partial charge in [-0.2, -0.15) is 0 Å². The van der Waals surface area contributed by atoms with Crippen LogP contribution in [-0.4, -0.2) is 18.9 Å². The normalized spacial score (nSPS) is 14.5. The van der Waals surface area contributed by atoms with Crippen molar-refractivity contribution in [3.63, 3.8) is 0 Å². The SMILES string of the molecule is CN1C(=O)/C(=C/c2ccccc2Cl)Sc2ccc(C(=O)NCc3ccccc3)cc21. The van der Waals surface area contributed by atoms with Gasteiger partial charge in [-0.25, -0.2) is 0 Å². The third-order valence-corrected chi connectivity index (χ3v) is 6.23. The van der Waals surface area contributed by atoms with Crippen molar-refractivity contribution in [1.82, 2.24) is 5.32 Å². The molecule has 3 aromatic rings. The first-order chi connectivity index (χ1) is 14.5. The van der Waals surface area contributed by atoms with Gasteiger partial charge in [0.1, 0.15) is 0 Å². The summed E-state index contributed by atoms with van der Waals surface area (Å²) in [6.45, 7) is 0.449. The van der Waals surface area contributed by atoms with Crippen molar-refractivity contribution in [1.29, 1.82) is 0 Å². The highest BCUT2D eigenvalue weighted by atomic mass is 35.5. The smallest absolute Gasteiger partial charge is 0.264 e. The van der Waals surface area contributed by atoms with Crippen LogP contribution in [0.3, 0.4) is 0 Å². The number of hydrogen-bond donors (Lipinski definition) is 1. The highest BCUT2D eigenvalue weighted by molar-refractivity contribution is 8.04. The molecule has 0 saturated heterocycles. The second kappa shape index (κ2) is 8.78. The predicted molar refractivity (Wildman–Crippen MR) is 123 cm³/mol. The first-order valence-electron chi connectivity index (χ1n) is 9.41. The molecule has 0 aromatic heterocycles. The van der Waals surface area contributed by atoms with Gasteiger partial charge < -0.3 is 10.2 Å². The Kier molecular flexibility index (Phi) is 5.93. The van der Waals surface area contributed by atoms with Gasteiger partial charge in [0.15, 0.2) is 0 Å². The molecule has 0 atom stereocenters. The molecule has 0 fully saturated rings. The summed E-state index contributed by atoms with van der Waals surface area (Å²) >= 11 is 7.62. The highest BCUT2D eigenvalue weighted by Crippen LogP contribution is 2.42. The molecular formula is C24H19ClN2O2S. The quantitative estimate of drug-likeness (QED) is 0.561. The molecule has 0 radical (unpaired) electrons. The third kappa shape index (κ3) is 4.27. The Morgan fingerprint density at radius 3 is 2.57 bits per heavy atom. The van der Waals surface area contributed by atoms with Crippen LogP contribution >= 0.6 is 23.4 Å². The van der Waals surface area contributed by atoms with Crippen LogP contribution in [0.1, 0.15) is 21.5 Å². The Balaban J connectivity index is 1.55. The molecule has 3 aromatic carbocycles. The maximum Gasteiger partial charge on any atom is 0.264 e. The molecule has 4 nitrogen and oxygen atoms in total. The van der Waals surface area contributed by atoms with E-state index in [4.69, 9.17) is 11.6 Å². The van der Waals surface area contributed by atoms with E-state index in [0.717, 1.165) is 16.0 Å². The largest absolute Gasteiger partial charge is 0.348 e. The van der Waals surface area contributed by atoms with Gasteiger partial charge in [-0.15, -0.1) is 0 Å². The Morgan fingerprint density at radius 2 is 1.80 bits per heavy atom. The van der Waals surface area contributed by atoms with Gasteiger partial charge in [-0.05, 0) is 41.5 Å². The Labute approximate surface area is 184 Å². The molecule has 1 aliphatic rings. The molecule has 1 heterocycles. The lowest BCUT2D eigenvalue weighted by atomic mass is 10.1. The Morgan fingerprint density at radius 1 is 1.07 bits per heavy atom. The minimum atomic E-state index is -0.176. The van der Waals surface area contributed by atoms with Crippen molar-refractivity contribution in [3.8, 4) is 0 Å². The summed E-state index contributed by atoms with van der Waals surface area (Å²) in [6.07, 6.45) is 1.80. The fraction of sp³-hybridized carbons (Fsp3) is 0.0833. The van der Waals surface area contributed by atoms with E-state index in [1.807, 2.05) is 54.6 Å². The van der Waals surface area contributed by atoms with E-state index in [9.17, 15) is 9.59 Å². The Bertz CT molecular complexity index is 1140. The molecule has 0 bridgehead atoms. The second-order valence-corrected chi connectivity index (χ2v) is 8.34. The lowest BCUT2D eigenvalue weighted by Crippen LogP contribution is -2.31. The molecule has 6 heteroatoms. The standard InChI is InChI=1S/C24H19ClN2O2S/c1-27-20-13-18(23(28)26-15-16-7-3-2-4-8-16)11-12-21(20)30-22(24(27)29)14-17-9-5-6-10-19(17)25/h2-14H,15H2,1H3,(H,26,28)/b22-14-. The van der Waals surface area contributed by atoms with Gasteiger partial charge >= 0.3 is 0 Å². The van der Waals surface area contributed by atoms with Crippen molar-refractivity contribution in [3.05, 3.63) is 99.4 Å². The highest BCUT2D eigenvalue weighted by Gasteiger charge is 2.27. The molecule has 2 amide bonds. The molecule has 1 N–H and O–H groups in total. The van der Waals surface area contributed by atoms with Crippen LogP contribution in [0.15, 0.2) is 82.6 Å². The Hall–Kier alpha value is -3.02. The van der Waals surface area contributed by atoms with Crippen LogP contribution < -0.4 is 10.2 Å². The number of anilines is 1. The van der Waals surface area contributed by atoms with Gasteiger partial charge in [0.25, 0.3) is 11.8 Å². The molecule has 30 heavy (non-hydrogen) atoms. The predicted octanol–water partition coefficient (Wildman–Crippen LogP) is 5.38. The third-order valence-electron chi connectivity index (χ3n) is 4.81. The number of halogens is 1. The first-order valence-corrected chi connectivity index (χ1v) is 10.6. The molecule has 1 aliphatic heterocycles. The lowest BCUT2D eigenvalue weighted by molar-refractivity contribution is -0.114. The summed E-state index contributed by atoms with van der Waals surface area (Å²) < 4.78 is 0. The van der Waals surface area contributed by atoms with Gasteiger partial charge in [-0.3, -0.25) is 9.59 Å². The van der Waals surface area contributed by atoms with Crippen LogP contribution in [0.5, 0.6) is 0 Å². The van der Waals surface area contributed by atoms with Crippen LogP contribution in [0.25, 0.3) is 6.08 Å². The van der Waals surface area contributed by atoms with E-state index in [-0.39, 0.29) is 11.8 Å². The molecule has 0 spiro atoms. The van der Waals surface area contributed by atoms with Crippen LogP contribution in [0.4, 0.5) is 5.69 Å². The fourth-order valence-electron chi connectivity index (χ4n) is 3.15. The average molecular weight is 435 g/mol. The van der Waals surface area contributed by atoms with Crippen LogP contribution in [0, 0.1) is 0 Å².